The van der Waals surface area contributed by atoms with Gasteiger partial charge in [-0.05, 0) is 38.1 Å². The number of rotatable bonds is 3. The molecule has 19 heavy (non-hydrogen) atoms. The van der Waals surface area contributed by atoms with Crippen LogP contribution < -0.4 is 11.1 Å². The van der Waals surface area contributed by atoms with Crippen LogP contribution in [0, 0.1) is 17.8 Å². The van der Waals surface area contributed by atoms with Crippen LogP contribution in [0.25, 0.3) is 0 Å². The quantitative estimate of drug-likeness (QED) is 0.774. The average molecular weight is 267 g/mol. The second-order valence-electron chi connectivity index (χ2n) is 5.75. The van der Waals surface area contributed by atoms with E-state index in [4.69, 9.17) is 5.73 Å². The predicted octanol–water partition coefficient (Wildman–Crippen LogP) is 0.346. The van der Waals surface area contributed by atoms with Crippen LogP contribution >= 0.6 is 0 Å². The van der Waals surface area contributed by atoms with Crippen molar-refractivity contribution in [2.45, 2.75) is 32.1 Å². The van der Waals surface area contributed by atoms with Crippen LogP contribution in [0.4, 0.5) is 0 Å². The molecule has 1 saturated carbocycles. The van der Waals surface area contributed by atoms with E-state index in [1.165, 1.54) is 0 Å². The van der Waals surface area contributed by atoms with E-state index >= 15 is 0 Å². The molecule has 1 saturated heterocycles. The lowest BCUT2D eigenvalue weighted by Crippen LogP contribution is -2.45. The Labute approximate surface area is 114 Å². The van der Waals surface area contributed by atoms with Crippen LogP contribution in [0.5, 0.6) is 0 Å². The number of piperidine rings is 1. The minimum Gasteiger partial charge on any atom is -0.359 e. The summed E-state index contributed by atoms with van der Waals surface area (Å²) in [6, 6.07) is 0. The molecule has 2 unspecified atom stereocenters. The molecule has 0 bridgehead atoms. The SMILES string of the molecule is CNC(=O)C1CCN(C(=O)C2CCCC2CN)CC1. The summed E-state index contributed by atoms with van der Waals surface area (Å²) in [5.41, 5.74) is 5.75. The first kappa shape index (κ1) is 14.3. The summed E-state index contributed by atoms with van der Waals surface area (Å²) >= 11 is 0. The number of carbonyl (C=O) groups excluding carboxylic acids is 2. The highest BCUT2D eigenvalue weighted by Crippen LogP contribution is 2.33. The Bertz CT molecular complexity index is 338. The summed E-state index contributed by atoms with van der Waals surface area (Å²) < 4.78 is 0. The third kappa shape index (κ3) is 3.08. The fourth-order valence-electron chi connectivity index (χ4n) is 3.44. The summed E-state index contributed by atoms with van der Waals surface area (Å²) in [4.78, 5) is 26.0. The van der Waals surface area contributed by atoms with Crippen LogP contribution in [0.1, 0.15) is 32.1 Å². The molecule has 0 aromatic rings. The van der Waals surface area contributed by atoms with Gasteiger partial charge in [-0.15, -0.1) is 0 Å². The van der Waals surface area contributed by atoms with Gasteiger partial charge in [0.1, 0.15) is 0 Å². The zero-order valence-corrected chi connectivity index (χ0v) is 11.7. The number of nitrogens with two attached hydrogens (primary N) is 1. The topological polar surface area (TPSA) is 75.4 Å². The van der Waals surface area contributed by atoms with E-state index in [-0.39, 0.29) is 23.7 Å². The Morgan fingerprint density at radius 2 is 1.89 bits per heavy atom. The van der Waals surface area contributed by atoms with E-state index in [0.717, 1.165) is 32.1 Å². The Morgan fingerprint density at radius 1 is 1.21 bits per heavy atom. The molecule has 0 aromatic heterocycles. The molecule has 108 valence electrons. The van der Waals surface area contributed by atoms with Gasteiger partial charge in [0, 0.05) is 32.0 Å². The van der Waals surface area contributed by atoms with E-state index in [2.05, 4.69) is 5.32 Å². The highest BCUT2D eigenvalue weighted by Gasteiger charge is 2.36. The average Bonchev–Trinajstić information content (AvgIpc) is 2.94. The van der Waals surface area contributed by atoms with Gasteiger partial charge in [-0.2, -0.15) is 0 Å². The molecule has 2 fully saturated rings. The highest BCUT2D eigenvalue weighted by molar-refractivity contribution is 5.81. The van der Waals surface area contributed by atoms with Crippen molar-refractivity contribution in [2.75, 3.05) is 26.7 Å². The summed E-state index contributed by atoms with van der Waals surface area (Å²) in [6.45, 7) is 2.04. The van der Waals surface area contributed by atoms with Gasteiger partial charge in [0.25, 0.3) is 0 Å². The van der Waals surface area contributed by atoms with E-state index in [1.54, 1.807) is 7.05 Å². The molecule has 2 aliphatic rings. The normalized spacial score (nSPS) is 28.4. The number of hydrogen-bond acceptors (Lipinski definition) is 3. The Balaban J connectivity index is 1.87. The third-order valence-corrected chi connectivity index (χ3v) is 4.70. The standard InChI is InChI=1S/C14H25N3O2/c1-16-13(18)10-5-7-17(8-6-10)14(19)12-4-2-3-11(12)9-15/h10-12H,2-9,15H2,1H3,(H,16,18). The van der Waals surface area contributed by atoms with Gasteiger partial charge in [0.2, 0.25) is 11.8 Å². The molecule has 1 heterocycles. The van der Waals surface area contributed by atoms with Gasteiger partial charge >= 0.3 is 0 Å². The smallest absolute Gasteiger partial charge is 0.226 e. The maximum absolute atomic E-state index is 12.5. The number of amides is 2. The van der Waals surface area contributed by atoms with E-state index < -0.39 is 0 Å². The lowest BCUT2D eigenvalue weighted by Gasteiger charge is -2.34. The van der Waals surface area contributed by atoms with Gasteiger partial charge in [0.15, 0.2) is 0 Å². The zero-order valence-electron chi connectivity index (χ0n) is 11.7. The van der Waals surface area contributed by atoms with E-state index in [0.29, 0.717) is 25.6 Å². The molecular weight excluding hydrogens is 242 g/mol. The summed E-state index contributed by atoms with van der Waals surface area (Å²) in [5.74, 6) is 0.935. The van der Waals surface area contributed by atoms with Crippen LogP contribution in [-0.4, -0.2) is 43.4 Å². The number of likely N-dealkylation sites (tertiary alicyclic amines) is 1. The van der Waals surface area contributed by atoms with Gasteiger partial charge in [-0.25, -0.2) is 0 Å². The van der Waals surface area contributed by atoms with Crippen LogP contribution in [-0.2, 0) is 9.59 Å². The Morgan fingerprint density at radius 3 is 2.47 bits per heavy atom. The minimum atomic E-state index is 0.0722. The molecule has 5 nitrogen and oxygen atoms in total. The van der Waals surface area contributed by atoms with Crippen LogP contribution in [0.2, 0.25) is 0 Å². The molecule has 1 aliphatic carbocycles. The van der Waals surface area contributed by atoms with E-state index in [1.807, 2.05) is 4.90 Å². The third-order valence-electron chi connectivity index (χ3n) is 4.70. The molecule has 2 amide bonds. The van der Waals surface area contributed by atoms with Crippen molar-refractivity contribution in [1.82, 2.24) is 10.2 Å². The summed E-state index contributed by atoms with van der Waals surface area (Å²) in [6.07, 6.45) is 4.75. The second-order valence-corrected chi connectivity index (χ2v) is 5.75. The fourth-order valence-corrected chi connectivity index (χ4v) is 3.44. The molecule has 2 rings (SSSR count). The molecule has 0 radical (unpaired) electrons. The molecule has 0 spiro atoms. The van der Waals surface area contributed by atoms with Gasteiger partial charge in [-0.1, -0.05) is 6.42 Å². The van der Waals surface area contributed by atoms with Crippen molar-refractivity contribution in [2.24, 2.45) is 23.5 Å². The first-order valence-electron chi connectivity index (χ1n) is 7.37. The molecule has 1 aliphatic heterocycles. The highest BCUT2D eigenvalue weighted by atomic mass is 16.2. The molecular formula is C14H25N3O2. The number of hydrogen-bond donors (Lipinski definition) is 2. The Hall–Kier alpha value is -1.10. The predicted molar refractivity (Wildman–Crippen MR) is 73.3 cm³/mol. The molecule has 5 heteroatoms. The summed E-state index contributed by atoms with van der Waals surface area (Å²) in [5, 5.41) is 2.69. The molecule has 2 atom stereocenters. The number of carbonyl (C=O) groups is 2. The zero-order chi connectivity index (χ0) is 13.8. The van der Waals surface area contributed by atoms with Crippen molar-refractivity contribution >= 4 is 11.8 Å². The van der Waals surface area contributed by atoms with Crippen molar-refractivity contribution in [3.05, 3.63) is 0 Å². The van der Waals surface area contributed by atoms with Crippen molar-refractivity contribution in [3.8, 4) is 0 Å². The van der Waals surface area contributed by atoms with Gasteiger partial charge in [0.05, 0.1) is 0 Å². The summed E-state index contributed by atoms with van der Waals surface area (Å²) in [7, 11) is 1.67. The lowest BCUT2D eigenvalue weighted by molar-refractivity contribution is -0.140. The van der Waals surface area contributed by atoms with Crippen molar-refractivity contribution in [1.29, 1.82) is 0 Å². The van der Waals surface area contributed by atoms with Gasteiger partial charge in [-0.3, -0.25) is 9.59 Å². The van der Waals surface area contributed by atoms with E-state index in [9.17, 15) is 9.59 Å². The second kappa shape index (κ2) is 6.37. The molecule has 0 aromatic carbocycles. The maximum Gasteiger partial charge on any atom is 0.226 e. The largest absolute Gasteiger partial charge is 0.359 e. The van der Waals surface area contributed by atoms with Crippen molar-refractivity contribution < 1.29 is 9.59 Å². The fraction of sp³-hybridized carbons (Fsp3) is 0.857. The van der Waals surface area contributed by atoms with Gasteiger partial charge < -0.3 is 16.0 Å². The number of nitrogens with zero attached hydrogens (tertiary/aromatic N) is 1. The molecule has 3 N–H and O–H groups in total. The van der Waals surface area contributed by atoms with Crippen LogP contribution in [0.3, 0.4) is 0 Å². The number of nitrogens with one attached hydrogen (secondary N) is 1. The maximum atomic E-state index is 12.5. The first-order valence-corrected chi connectivity index (χ1v) is 7.37. The monoisotopic (exact) mass is 267 g/mol. The first-order chi connectivity index (χ1) is 9.17. The minimum absolute atomic E-state index is 0.0722. The van der Waals surface area contributed by atoms with Crippen molar-refractivity contribution in [3.63, 3.8) is 0 Å². The Kier molecular flexibility index (Phi) is 4.80. The lowest BCUT2D eigenvalue weighted by atomic mass is 9.91. The van der Waals surface area contributed by atoms with Crippen LogP contribution in [0.15, 0.2) is 0 Å².